The van der Waals surface area contributed by atoms with Gasteiger partial charge in [0.2, 0.25) is 15.9 Å². The van der Waals surface area contributed by atoms with Gasteiger partial charge in [0.15, 0.2) is 0 Å². The maximum atomic E-state index is 12.9. The van der Waals surface area contributed by atoms with Crippen molar-refractivity contribution < 1.29 is 23.1 Å². The fourth-order valence-corrected chi connectivity index (χ4v) is 5.83. The number of nitrogens with one attached hydrogen (secondary N) is 1. The van der Waals surface area contributed by atoms with Crippen LogP contribution >= 0.6 is 0 Å². The summed E-state index contributed by atoms with van der Waals surface area (Å²) >= 11 is 0. The first-order valence-electron chi connectivity index (χ1n) is 11.8. The van der Waals surface area contributed by atoms with Crippen LogP contribution in [0.3, 0.4) is 0 Å². The number of aliphatic hydroxyl groups excluding tert-OH is 1. The van der Waals surface area contributed by atoms with Gasteiger partial charge in [-0.25, -0.2) is 13.1 Å². The number of carbonyl (C=O) groups excluding carboxylic acids is 1. The van der Waals surface area contributed by atoms with Crippen molar-refractivity contribution >= 4 is 15.9 Å². The van der Waals surface area contributed by atoms with Crippen LogP contribution in [0.25, 0.3) is 0 Å². The molecular weight excluding hydrogens is 452 g/mol. The highest BCUT2D eigenvalue weighted by atomic mass is 32.2. The van der Waals surface area contributed by atoms with Gasteiger partial charge in [0.05, 0.1) is 30.1 Å². The minimum Gasteiger partial charge on any atom is -0.394 e. The molecule has 8 heteroatoms. The van der Waals surface area contributed by atoms with Crippen LogP contribution in [-0.2, 0) is 26.0 Å². The van der Waals surface area contributed by atoms with Crippen molar-refractivity contribution in [1.29, 1.82) is 0 Å². The first kappa shape index (κ1) is 24.6. The van der Waals surface area contributed by atoms with Crippen molar-refractivity contribution in [1.82, 2.24) is 9.62 Å². The molecule has 0 aromatic heterocycles. The number of ether oxygens (including phenoxy) is 1. The van der Waals surface area contributed by atoms with Crippen LogP contribution in [0.5, 0.6) is 0 Å². The van der Waals surface area contributed by atoms with Gasteiger partial charge >= 0.3 is 0 Å². The Kier molecular flexibility index (Phi) is 8.15. The molecule has 2 aromatic carbocycles. The molecule has 182 valence electrons. The number of piperidine rings is 1. The Morgan fingerprint density at radius 2 is 1.65 bits per heavy atom. The predicted molar refractivity (Wildman–Crippen MR) is 130 cm³/mol. The fraction of sp³-hybridized carbons (Fsp3) is 0.423. The number of hydrogen-bond acceptors (Lipinski definition) is 5. The summed E-state index contributed by atoms with van der Waals surface area (Å²) in [4.78, 5) is 14.9. The summed E-state index contributed by atoms with van der Waals surface area (Å²) < 4.78 is 33.7. The molecule has 4 rings (SSSR count). The Labute approximate surface area is 201 Å². The number of nitrogens with zero attached hydrogens (tertiary/aromatic N) is 1. The van der Waals surface area contributed by atoms with E-state index in [0.717, 1.165) is 32.4 Å². The molecule has 0 spiro atoms. The van der Waals surface area contributed by atoms with Crippen LogP contribution in [0.4, 0.5) is 0 Å². The van der Waals surface area contributed by atoms with E-state index in [4.69, 9.17) is 4.74 Å². The summed E-state index contributed by atoms with van der Waals surface area (Å²) in [6, 6.07) is 17.8. The standard InChI is InChI=1S/C26H32N2O5S/c29-19-25-24(27-34(31,32)23-9-5-2-6-10-23)12-11-22(33-25)18-26(30)28-15-13-21(14-16-28)17-20-7-3-1-4-8-20/h1-12,21-22,24-25,27,29H,13-19H2/t22-,24+,25+/m1/s1. The molecule has 2 N–H and O–H groups in total. The Bertz CT molecular complexity index is 1070. The number of aliphatic hydroxyl groups is 1. The minimum absolute atomic E-state index is 0.0211. The number of sulfonamides is 1. The molecule has 7 nitrogen and oxygen atoms in total. The van der Waals surface area contributed by atoms with E-state index in [-0.39, 0.29) is 23.8 Å². The zero-order valence-electron chi connectivity index (χ0n) is 19.1. The van der Waals surface area contributed by atoms with Gasteiger partial charge in [0, 0.05) is 13.1 Å². The molecule has 2 aliphatic rings. The number of likely N-dealkylation sites (tertiary alicyclic amines) is 1. The second kappa shape index (κ2) is 11.3. The molecule has 2 heterocycles. The number of carbonyl (C=O) groups is 1. The smallest absolute Gasteiger partial charge is 0.241 e. The largest absolute Gasteiger partial charge is 0.394 e. The second-order valence-corrected chi connectivity index (χ2v) is 10.7. The molecule has 1 saturated heterocycles. The summed E-state index contributed by atoms with van der Waals surface area (Å²) in [5.41, 5.74) is 1.33. The molecule has 34 heavy (non-hydrogen) atoms. The van der Waals surface area contributed by atoms with E-state index < -0.39 is 28.3 Å². The number of rotatable bonds is 8. The number of benzene rings is 2. The Hall–Kier alpha value is -2.52. The zero-order valence-corrected chi connectivity index (χ0v) is 19.9. The van der Waals surface area contributed by atoms with Crippen molar-refractivity contribution in [2.45, 2.75) is 48.8 Å². The van der Waals surface area contributed by atoms with Crippen LogP contribution in [0.1, 0.15) is 24.8 Å². The van der Waals surface area contributed by atoms with E-state index in [9.17, 15) is 18.3 Å². The maximum absolute atomic E-state index is 12.9. The molecule has 1 fully saturated rings. The van der Waals surface area contributed by atoms with Crippen LogP contribution < -0.4 is 4.72 Å². The normalized spacial score (nSPS) is 23.7. The van der Waals surface area contributed by atoms with Crippen molar-refractivity contribution in [3.8, 4) is 0 Å². The van der Waals surface area contributed by atoms with Gasteiger partial charge in [-0.15, -0.1) is 0 Å². The van der Waals surface area contributed by atoms with Gasteiger partial charge < -0.3 is 14.7 Å². The zero-order chi connectivity index (χ0) is 24.0. The van der Waals surface area contributed by atoms with E-state index in [1.54, 1.807) is 30.4 Å². The van der Waals surface area contributed by atoms with Crippen molar-refractivity contribution in [2.24, 2.45) is 5.92 Å². The molecular formula is C26H32N2O5S. The lowest BCUT2D eigenvalue weighted by Gasteiger charge is -2.35. The third kappa shape index (κ3) is 6.33. The second-order valence-electron chi connectivity index (χ2n) is 8.96. The first-order chi connectivity index (χ1) is 16.4. The quantitative estimate of drug-likeness (QED) is 0.562. The van der Waals surface area contributed by atoms with E-state index in [1.165, 1.54) is 17.7 Å². The summed E-state index contributed by atoms with van der Waals surface area (Å²) in [6.45, 7) is 1.10. The monoisotopic (exact) mass is 484 g/mol. The lowest BCUT2D eigenvalue weighted by atomic mass is 9.90. The molecule has 0 bridgehead atoms. The summed E-state index contributed by atoms with van der Waals surface area (Å²) in [5.74, 6) is 0.599. The highest BCUT2D eigenvalue weighted by molar-refractivity contribution is 7.89. The van der Waals surface area contributed by atoms with E-state index in [2.05, 4.69) is 29.0 Å². The van der Waals surface area contributed by atoms with Gasteiger partial charge in [-0.3, -0.25) is 4.79 Å². The molecule has 2 aliphatic heterocycles. The number of hydrogen-bond donors (Lipinski definition) is 2. The first-order valence-corrected chi connectivity index (χ1v) is 13.3. The summed E-state index contributed by atoms with van der Waals surface area (Å²) in [7, 11) is -3.76. The topological polar surface area (TPSA) is 95.9 Å². The van der Waals surface area contributed by atoms with Crippen molar-refractivity contribution in [3.05, 3.63) is 78.4 Å². The van der Waals surface area contributed by atoms with Crippen molar-refractivity contribution in [2.75, 3.05) is 19.7 Å². The minimum atomic E-state index is -3.76. The summed E-state index contributed by atoms with van der Waals surface area (Å²) in [6.07, 6.45) is 5.29. The van der Waals surface area contributed by atoms with Crippen LogP contribution in [0.2, 0.25) is 0 Å². The third-order valence-electron chi connectivity index (χ3n) is 6.52. The lowest BCUT2D eigenvalue weighted by Crippen LogP contribution is -2.49. The molecule has 0 saturated carbocycles. The fourth-order valence-electron chi connectivity index (χ4n) is 4.59. The van der Waals surface area contributed by atoms with E-state index in [0.29, 0.717) is 5.92 Å². The van der Waals surface area contributed by atoms with Gasteiger partial charge in [-0.2, -0.15) is 0 Å². The maximum Gasteiger partial charge on any atom is 0.241 e. The third-order valence-corrected chi connectivity index (χ3v) is 7.99. The average molecular weight is 485 g/mol. The molecule has 2 aromatic rings. The highest BCUT2D eigenvalue weighted by Gasteiger charge is 2.32. The highest BCUT2D eigenvalue weighted by Crippen LogP contribution is 2.24. The van der Waals surface area contributed by atoms with Crippen LogP contribution in [-0.4, -0.2) is 62.3 Å². The van der Waals surface area contributed by atoms with Crippen LogP contribution in [0.15, 0.2) is 77.7 Å². The molecule has 1 amide bonds. The molecule has 0 radical (unpaired) electrons. The molecule has 0 aliphatic carbocycles. The summed E-state index contributed by atoms with van der Waals surface area (Å²) in [5, 5.41) is 9.79. The average Bonchev–Trinajstić information content (AvgIpc) is 2.86. The Morgan fingerprint density at radius 1 is 1.00 bits per heavy atom. The SMILES string of the molecule is O=C(C[C@H]1C=C[C@H](NS(=O)(=O)c2ccccc2)[C@H](CO)O1)N1CCC(Cc2ccccc2)CC1. The number of amides is 1. The Balaban J connectivity index is 1.29. The molecule has 0 unspecified atom stereocenters. The lowest BCUT2D eigenvalue weighted by molar-refractivity contribution is -0.136. The predicted octanol–water partition coefficient (Wildman–Crippen LogP) is 2.52. The van der Waals surface area contributed by atoms with Crippen molar-refractivity contribution in [3.63, 3.8) is 0 Å². The Morgan fingerprint density at radius 3 is 2.29 bits per heavy atom. The van der Waals surface area contributed by atoms with Gasteiger partial charge in [0.25, 0.3) is 0 Å². The van der Waals surface area contributed by atoms with E-state index in [1.807, 2.05) is 11.0 Å². The molecule has 3 atom stereocenters. The van der Waals surface area contributed by atoms with E-state index >= 15 is 0 Å². The van der Waals surface area contributed by atoms with Gasteiger partial charge in [0.1, 0.15) is 6.10 Å². The van der Waals surface area contributed by atoms with Crippen LogP contribution in [0, 0.1) is 5.92 Å². The van der Waals surface area contributed by atoms with Gasteiger partial charge in [-0.1, -0.05) is 60.7 Å². The van der Waals surface area contributed by atoms with Gasteiger partial charge in [-0.05, 0) is 42.9 Å².